The zero-order chi connectivity index (χ0) is 19.3. The van der Waals surface area contributed by atoms with Crippen LogP contribution in [0, 0.1) is 5.41 Å². The number of nitrogens with zero attached hydrogens (tertiary/aromatic N) is 1. The first-order chi connectivity index (χ1) is 13.6. The molecule has 6 heteroatoms. The summed E-state index contributed by atoms with van der Waals surface area (Å²) >= 11 is 0. The van der Waals surface area contributed by atoms with E-state index in [0.29, 0.717) is 12.2 Å². The van der Waals surface area contributed by atoms with Gasteiger partial charge in [-0.3, -0.25) is 10.0 Å². The van der Waals surface area contributed by atoms with E-state index in [1.165, 1.54) is 11.1 Å². The molecule has 3 aliphatic rings. The first-order valence-electron chi connectivity index (χ1n) is 9.87. The van der Waals surface area contributed by atoms with Gasteiger partial charge in [0, 0.05) is 23.9 Å². The number of aliphatic hydroxyl groups excluding tert-OH is 1. The Morgan fingerprint density at radius 3 is 2.89 bits per heavy atom. The van der Waals surface area contributed by atoms with Crippen LogP contribution in [0.3, 0.4) is 0 Å². The van der Waals surface area contributed by atoms with Crippen molar-refractivity contribution in [3.8, 4) is 5.75 Å². The first kappa shape index (κ1) is 17.5. The molecule has 2 aromatic carbocycles. The monoisotopic (exact) mass is 380 g/mol. The van der Waals surface area contributed by atoms with Gasteiger partial charge in [0.25, 0.3) is 5.91 Å². The summed E-state index contributed by atoms with van der Waals surface area (Å²) in [5, 5.41) is 20.3. The van der Waals surface area contributed by atoms with Crippen LogP contribution in [0.5, 0.6) is 5.75 Å². The van der Waals surface area contributed by atoms with Gasteiger partial charge >= 0.3 is 0 Å². The summed E-state index contributed by atoms with van der Waals surface area (Å²) in [7, 11) is 0. The Morgan fingerprint density at radius 2 is 2.04 bits per heavy atom. The standard InChI is InChI=1S/C22H24N2O4/c25-20(23-27)16-5-4-14-6-8-22(13-17(14)12-16)9-10-24(21(22)26)18-3-1-2-15-7-11-28-19(15)18/h1-5,12,21,26-27H,6-11,13H2,(H,23,25)/t21?,22-/m0/s1. The zero-order valence-corrected chi connectivity index (χ0v) is 15.6. The van der Waals surface area contributed by atoms with E-state index in [4.69, 9.17) is 9.94 Å². The molecule has 1 unspecified atom stereocenters. The molecule has 0 saturated carbocycles. The molecule has 146 valence electrons. The molecule has 2 aliphatic heterocycles. The fourth-order valence-electron chi connectivity index (χ4n) is 5.13. The number of hydroxylamine groups is 1. The number of hydrogen-bond donors (Lipinski definition) is 3. The second-order valence-corrected chi connectivity index (χ2v) is 8.14. The minimum Gasteiger partial charge on any atom is -0.491 e. The fraction of sp³-hybridized carbons (Fsp3) is 0.409. The van der Waals surface area contributed by atoms with Gasteiger partial charge in [0.05, 0.1) is 12.3 Å². The summed E-state index contributed by atoms with van der Waals surface area (Å²) in [6.45, 7) is 1.48. The Hall–Kier alpha value is -2.57. The predicted octanol–water partition coefficient (Wildman–Crippen LogP) is 2.44. The smallest absolute Gasteiger partial charge is 0.274 e. The van der Waals surface area contributed by atoms with E-state index in [2.05, 4.69) is 11.0 Å². The molecule has 0 bridgehead atoms. The lowest BCUT2D eigenvalue weighted by Gasteiger charge is -2.39. The van der Waals surface area contributed by atoms with Gasteiger partial charge in [0.15, 0.2) is 0 Å². The average Bonchev–Trinajstić information content (AvgIpc) is 3.32. The van der Waals surface area contributed by atoms with Crippen molar-refractivity contribution in [1.29, 1.82) is 0 Å². The van der Waals surface area contributed by atoms with Crippen LogP contribution in [0.25, 0.3) is 0 Å². The Labute approximate surface area is 163 Å². The van der Waals surface area contributed by atoms with Gasteiger partial charge in [0.2, 0.25) is 0 Å². The number of para-hydroxylation sites is 1. The van der Waals surface area contributed by atoms with Gasteiger partial charge in [-0.15, -0.1) is 0 Å². The average molecular weight is 380 g/mol. The van der Waals surface area contributed by atoms with E-state index in [-0.39, 0.29) is 5.41 Å². The van der Waals surface area contributed by atoms with Crippen LogP contribution in [-0.2, 0) is 19.3 Å². The molecule has 0 aromatic heterocycles. The quantitative estimate of drug-likeness (QED) is 0.551. The number of carbonyl (C=O) groups is 1. The summed E-state index contributed by atoms with van der Waals surface area (Å²) in [4.78, 5) is 13.9. The predicted molar refractivity (Wildman–Crippen MR) is 104 cm³/mol. The number of benzene rings is 2. The number of hydrogen-bond acceptors (Lipinski definition) is 5. The Kier molecular flexibility index (Phi) is 4.07. The Bertz CT molecular complexity index is 944. The van der Waals surface area contributed by atoms with Crippen molar-refractivity contribution in [2.24, 2.45) is 5.41 Å². The van der Waals surface area contributed by atoms with Gasteiger partial charge in [-0.25, -0.2) is 5.48 Å². The maximum absolute atomic E-state index is 11.8. The number of fused-ring (bicyclic) bond motifs is 2. The molecule has 28 heavy (non-hydrogen) atoms. The van der Waals surface area contributed by atoms with Gasteiger partial charge in [-0.05, 0) is 60.6 Å². The van der Waals surface area contributed by atoms with E-state index < -0.39 is 12.1 Å². The van der Waals surface area contributed by atoms with E-state index in [1.807, 2.05) is 24.3 Å². The van der Waals surface area contributed by atoms with Crippen molar-refractivity contribution >= 4 is 11.6 Å². The van der Waals surface area contributed by atoms with E-state index in [9.17, 15) is 9.90 Å². The third kappa shape index (κ3) is 2.59. The van der Waals surface area contributed by atoms with Crippen LogP contribution in [0.1, 0.15) is 39.9 Å². The summed E-state index contributed by atoms with van der Waals surface area (Å²) in [5.74, 6) is 0.407. The second kappa shape index (κ2) is 6.50. The lowest BCUT2D eigenvalue weighted by atomic mass is 9.69. The van der Waals surface area contributed by atoms with Crippen molar-refractivity contribution in [2.75, 3.05) is 18.1 Å². The molecule has 1 spiro atoms. The molecule has 1 saturated heterocycles. The molecular formula is C22H24N2O4. The molecule has 2 atom stereocenters. The molecular weight excluding hydrogens is 356 g/mol. The van der Waals surface area contributed by atoms with Gasteiger partial charge < -0.3 is 14.7 Å². The van der Waals surface area contributed by atoms with Crippen LogP contribution in [0.4, 0.5) is 5.69 Å². The highest BCUT2D eigenvalue weighted by molar-refractivity contribution is 5.93. The number of amides is 1. The third-order valence-corrected chi connectivity index (χ3v) is 6.70. The SMILES string of the molecule is O=C(NO)c1ccc2c(c1)C[C@]1(CC2)CCN(c2cccc3c2OCC3)C1O. The molecule has 1 aliphatic carbocycles. The summed E-state index contributed by atoms with van der Waals surface area (Å²) in [5.41, 5.74) is 6.40. The van der Waals surface area contributed by atoms with Crippen LogP contribution < -0.4 is 15.1 Å². The summed E-state index contributed by atoms with van der Waals surface area (Å²) < 4.78 is 5.86. The number of ether oxygens (including phenoxy) is 1. The minimum atomic E-state index is -0.591. The molecule has 2 aromatic rings. The normalized spacial score (nSPS) is 25.4. The Balaban J connectivity index is 1.45. The van der Waals surface area contributed by atoms with Gasteiger partial charge in [-0.2, -0.15) is 0 Å². The number of anilines is 1. The van der Waals surface area contributed by atoms with Crippen LogP contribution in [0.15, 0.2) is 36.4 Å². The van der Waals surface area contributed by atoms with Crippen molar-refractivity contribution in [2.45, 2.75) is 38.3 Å². The molecule has 0 radical (unpaired) electrons. The molecule has 2 heterocycles. The maximum Gasteiger partial charge on any atom is 0.274 e. The molecule has 5 rings (SSSR count). The summed E-state index contributed by atoms with van der Waals surface area (Å²) in [6, 6.07) is 11.7. The van der Waals surface area contributed by atoms with Crippen molar-refractivity contribution in [3.63, 3.8) is 0 Å². The highest BCUT2D eigenvalue weighted by Gasteiger charge is 2.49. The molecule has 1 fully saturated rings. The lowest BCUT2D eigenvalue weighted by Crippen LogP contribution is -2.43. The number of rotatable bonds is 2. The van der Waals surface area contributed by atoms with E-state index in [1.54, 1.807) is 11.5 Å². The van der Waals surface area contributed by atoms with Gasteiger partial charge in [-0.1, -0.05) is 18.2 Å². The molecule has 6 nitrogen and oxygen atoms in total. The number of carbonyl (C=O) groups excluding carboxylic acids is 1. The van der Waals surface area contributed by atoms with Crippen LogP contribution >= 0.6 is 0 Å². The zero-order valence-electron chi connectivity index (χ0n) is 15.6. The third-order valence-electron chi connectivity index (χ3n) is 6.70. The first-order valence-corrected chi connectivity index (χ1v) is 9.87. The minimum absolute atomic E-state index is 0.233. The maximum atomic E-state index is 11.8. The lowest BCUT2D eigenvalue weighted by molar-refractivity contribution is 0.0426. The molecule has 3 N–H and O–H groups in total. The largest absolute Gasteiger partial charge is 0.491 e. The highest BCUT2D eigenvalue weighted by Crippen LogP contribution is 2.49. The number of aliphatic hydroxyl groups is 1. The summed E-state index contributed by atoms with van der Waals surface area (Å²) in [6.07, 6.45) is 3.74. The molecule has 1 amide bonds. The number of nitrogens with one attached hydrogen (secondary N) is 1. The number of aryl methyl sites for hydroxylation is 1. The van der Waals surface area contributed by atoms with Crippen molar-refractivity contribution in [3.05, 3.63) is 58.7 Å². The second-order valence-electron chi connectivity index (χ2n) is 8.14. The highest BCUT2D eigenvalue weighted by atomic mass is 16.5. The Morgan fingerprint density at radius 1 is 1.14 bits per heavy atom. The van der Waals surface area contributed by atoms with E-state index >= 15 is 0 Å². The van der Waals surface area contributed by atoms with Crippen molar-refractivity contribution in [1.82, 2.24) is 5.48 Å². The van der Waals surface area contributed by atoms with Gasteiger partial charge in [0.1, 0.15) is 12.0 Å². The van der Waals surface area contributed by atoms with Crippen LogP contribution in [0.2, 0.25) is 0 Å². The van der Waals surface area contributed by atoms with Crippen molar-refractivity contribution < 1.29 is 19.8 Å². The van der Waals surface area contributed by atoms with E-state index in [0.717, 1.165) is 55.6 Å². The fourth-order valence-corrected chi connectivity index (χ4v) is 5.13. The van der Waals surface area contributed by atoms with Crippen LogP contribution in [-0.4, -0.2) is 35.6 Å². The topological polar surface area (TPSA) is 82.0 Å².